The van der Waals surface area contributed by atoms with Crippen LogP contribution < -0.4 is 5.32 Å². The number of hydrogen-bond acceptors (Lipinski definition) is 3. The van der Waals surface area contributed by atoms with Crippen LogP contribution in [0, 0.1) is 5.82 Å². The molecule has 0 unspecified atom stereocenters. The highest BCUT2D eigenvalue weighted by atomic mass is 19.1. The van der Waals surface area contributed by atoms with Gasteiger partial charge < -0.3 is 5.32 Å². The first-order chi connectivity index (χ1) is 10.2. The second kappa shape index (κ2) is 5.70. The first-order valence-electron chi connectivity index (χ1n) is 6.57. The first kappa shape index (κ1) is 13.2. The molecular formula is C15H13FN4O. The molecule has 0 aliphatic carbocycles. The van der Waals surface area contributed by atoms with E-state index in [-0.39, 0.29) is 11.8 Å². The van der Waals surface area contributed by atoms with E-state index in [0.29, 0.717) is 24.0 Å². The lowest BCUT2D eigenvalue weighted by Gasteiger charge is -2.05. The fraction of sp³-hybridized carbons (Fsp3) is 0.133. The third-order valence-electron chi connectivity index (χ3n) is 3.15. The Labute approximate surface area is 120 Å². The topological polar surface area (TPSA) is 59.8 Å². The Hall–Kier alpha value is -2.76. The Bertz CT molecular complexity index is 767. The van der Waals surface area contributed by atoms with Gasteiger partial charge >= 0.3 is 6.03 Å². The van der Waals surface area contributed by atoms with Crippen molar-refractivity contribution in [2.45, 2.75) is 6.42 Å². The number of carbonyl (C=O) groups is 1. The lowest BCUT2D eigenvalue weighted by Crippen LogP contribution is -2.31. The van der Waals surface area contributed by atoms with Crippen LogP contribution in [0.15, 0.2) is 48.5 Å². The predicted molar refractivity (Wildman–Crippen MR) is 76.4 cm³/mol. The van der Waals surface area contributed by atoms with Gasteiger partial charge in [0.15, 0.2) is 0 Å². The Kier molecular flexibility index (Phi) is 3.59. The van der Waals surface area contributed by atoms with E-state index >= 15 is 0 Å². The number of rotatable bonds is 3. The molecule has 1 aromatic heterocycles. The number of halogens is 1. The maximum Gasteiger partial charge on any atom is 0.344 e. The number of hydrogen-bond donors (Lipinski definition) is 1. The number of aromatic nitrogens is 3. The molecule has 0 atom stereocenters. The molecule has 0 aliphatic rings. The van der Waals surface area contributed by atoms with Gasteiger partial charge in [0.05, 0.1) is 5.52 Å². The highest BCUT2D eigenvalue weighted by molar-refractivity contribution is 5.87. The second-order valence-electron chi connectivity index (χ2n) is 4.60. The zero-order valence-electron chi connectivity index (χ0n) is 11.2. The summed E-state index contributed by atoms with van der Waals surface area (Å²) in [5.74, 6) is -0.267. The fourth-order valence-electron chi connectivity index (χ4n) is 2.06. The van der Waals surface area contributed by atoms with Gasteiger partial charge in [0.2, 0.25) is 0 Å². The van der Waals surface area contributed by atoms with Crippen LogP contribution in [0.25, 0.3) is 11.0 Å². The zero-order valence-corrected chi connectivity index (χ0v) is 11.2. The highest BCUT2D eigenvalue weighted by Crippen LogP contribution is 2.09. The van der Waals surface area contributed by atoms with Gasteiger partial charge in [-0.05, 0) is 36.2 Å². The fourth-order valence-corrected chi connectivity index (χ4v) is 2.06. The number of nitrogens with zero attached hydrogens (tertiary/aromatic N) is 3. The minimum absolute atomic E-state index is 0.267. The van der Waals surface area contributed by atoms with Gasteiger partial charge in [0.1, 0.15) is 11.3 Å². The lowest BCUT2D eigenvalue weighted by molar-refractivity contribution is 0.240. The van der Waals surface area contributed by atoms with Crippen LogP contribution in [-0.2, 0) is 6.42 Å². The van der Waals surface area contributed by atoms with Crippen molar-refractivity contribution in [1.29, 1.82) is 0 Å². The minimum Gasteiger partial charge on any atom is -0.336 e. The second-order valence-corrected chi connectivity index (χ2v) is 4.60. The molecule has 3 aromatic rings. The van der Waals surface area contributed by atoms with Crippen molar-refractivity contribution in [2.75, 3.05) is 6.54 Å². The molecule has 0 saturated heterocycles. The average molecular weight is 284 g/mol. The molecule has 0 fully saturated rings. The summed E-state index contributed by atoms with van der Waals surface area (Å²) in [5, 5.41) is 10.5. The van der Waals surface area contributed by atoms with E-state index in [4.69, 9.17) is 0 Å². The number of para-hydroxylation sites is 1. The van der Waals surface area contributed by atoms with Crippen molar-refractivity contribution < 1.29 is 9.18 Å². The van der Waals surface area contributed by atoms with Crippen molar-refractivity contribution in [3.63, 3.8) is 0 Å². The van der Waals surface area contributed by atoms with Crippen molar-refractivity contribution in [3.05, 3.63) is 59.9 Å². The van der Waals surface area contributed by atoms with Crippen LogP contribution in [0.5, 0.6) is 0 Å². The molecule has 2 aromatic carbocycles. The molecule has 21 heavy (non-hydrogen) atoms. The summed E-state index contributed by atoms with van der Waals surface area (Å²) in [5.41, 5.74) is 2.29. The maximum absolute atomic E-state index is 12.8. The predicted octanol–water partition coefficient (Wildman–Crippen LogP) is 2.37. The summed E-state index contributed by atoms with van der Waals surface area (Å²) in [6, 6.07) is 13.1. The molecule has 0 bridgehead atoms. The van der Waals surface area contributed by atoms with Gasteiger partial charge in [-0.1, -0.05) is 29.5 Å². The maximum atomic E-state index is 12.8. The van der Waals surface area contributed by atoms with Crippen LogP contribution in [0.1, 0.15) is 5.56 Å². The summed E-state index contributed by atoms with van der Waals surface area (Å²) < 4.78 is 14.0. The third kappa shape index (κ3) is 2.89. The molecule has 0 saturated carbocycles. The van der Waals surface area contributed by atoms with Crippen molar-refractivity contribution in [3.8, 4) is 0 Å². The van der Waals surface area contributed by atoms with Crippen LogP contribution in [0.3, 0.4) is 0 Å². The standard InChI is InChI=1S/C15H13FN4O/c16-12-7-5-11(6-8-12)9-10-17-15(21)20-14-4-2-1-3-13(14)18-19-20/h1-8H,9-10H2,(H,17,21). The van der Waals surface area contributed by atoms with Gasteiger partial charge in [-0.2, -0.15) is 4.68 Å². The molecule has 1 N–H and O–H groups in total. The number of fused-ring (bicyclic) bond motifs is 1. The van der Waals surface area contributed by atoms with Gasteiger partial charge in [-0.3, -0.25) is 0 Å². The summed E-state index contributed by atoms with van der Waals surface area (Å²) >= 11 is 0. The van der Waals surface area contributed by atoms with Crippen molar-refractivity contribution in [2.24, 2.45) is 0 Å². The van der Waals surface area contributed by atoms with E-state index in [0.717, 1.165) is 5.56 Å². The van der Waals surface area contributed by atoms with Gasteiger partial charge in [-0.15, -0.1) is 5.10 Å². The van der Waals surface area contributed by atoms with Crippen molar-refractivity contribution >= 4 is 17.1 Å². The average Bonchev–Trinajstić information content (AvgIpc) is 2.93. The molecule has 3 rings (SSSR count). The monoisotopic (exact) mass is 284 g/mol. The molecular weight excluding hydrogens is 271 g/mol. The number of benzene rings is 2. The molecule has 0 spiro atoms. The van der Waals surface area contributed by atoms with E-state index in [1.54, 1.807) is 24.3 Å². The quantitative estimate of drug-likeness (QED) is 0.803. The molecule has 1 amide bonds. The van der Waals surface area contributed by atoms with Crippen molar-refractivity contribution in [1.82, 2.24) is 20.3 Å². The van der Waals surface area contributed by atoms with E-state index in [1.165, 1.54) is 16.8 Å². The number of carbonyl (C=O) groups excluding carboxylic acids is 1. The third-order valence-corrected chi connectivity index (χ3v) is 3.15. The normalized spacial score (nSPS) is 10.7. The number of nitrogens with one attached hydrogen (secondary N) is 1. The summed E-state index contributed by atoms with van der Waals surface area (Å²) in [4.78, 5) is 12.1. The molecule has 5 nitrogen and oxygen atoms in total. The summed E-state index contributed by atoms with van der Waals surface area (Å²) in [7, 11) is 0. The largest absolute Gasteiger partial charge is 0.344 e. The molecule has 0 aliphatic heterocycles. The Morgan fingerprint density at radius 3 is 2.71 bits per heavy atom. The molecule has 106 valence electrons. The van der Waals surface area contributed by atoms with E-state index in [1.807, 2.05) is 12.1 Å². The van der Waals surface area contributed by atoms with Gasteiger partial charge in [-0.25, -0.2) is 9.18 Å². The SMILES string of the molecule is O=C(NCCc1ccc(F)cc1)n1nnc2ccccc21. The first-order valence-corrected chi connectivity index (χ1v) is 6.57. The molecule has 1 heterocycles. The van der Waals surface area contributed by atoms with Crippen LogP contribution in [0.4, 0.5) is 9.18 Å². The van der Waals surface area contributed by atoms with Gasteiger partial charge in [0, 0.05) is 6.54 Å². The van der Waals surface area contributed by atoms with E-state index < -0.39 is 0 Å². The lowest BCUT2D eigenvalue weighted by atomic mass is 10.1. The number of amides is 1. The Morgan fingerprint density at radius 1 is 1.14 bits per heavy atom. The molecule has 0 radical (unpaired) electrons. The minimum atomic E-state index is -0.328. The van der Waals surface area contributed by atoms with Crippen LogP contribution >= 0.6 is 0 Å². The van der Waals surface area contributed by atoms with Gasteiger partial charge in [0.25, 0.3) is 0 Å². The Morgan fingerprint density at radius 2 is 1.90 bits per heavy atom. The summed E-state index contributed by atoms with van der Waals surface area (Å²) in [6.07, 6.45) is 0.624. The smallest absolute Gasteiger partial charge is 0.336 e. The zero-order chi connectivity index (χ0) is 14.7. The Balaban J connectivity index is 1.63. The van der Waals surface area contributed by atoms with Crippen LogP contribution in [-0.4, -0.2) is 27.6 Å². The van der Waals surface area contributed by atoms with Crippen LogP contribution in [0.2, 0.25) is 0 Å². The summed E-state index contributed by atoms with van der Waals surface area (Å²) in [6.45, 7) is 0.443. The highest BCUT2D eigenvalue weighted by Gasteiger charge is 2.10. The molecule has 6 heteroatoms. The van der Waals surface area contributed by atoms with E-state index in [9.17, 15) is 9.18 Å². The van der Waals surface area contributed by atoms with E-state index in [2.05, 4.69) is 15.6 Å².